The third kappa shape index (κ3) is 2.89. The number of hydrogen-bond donors (Lipinski definition) is 2. The third-order valence-corrected chi connectivity index (χ3v) is 5.49. The number of aliphatic hydroxyl groups is 1. The zero-order valence-corrected chi connectivity index (χ0v) is 13.5. The summed E-state index contributed by atoms with van der Waals surface area (Å²) in [5.74, 6) is -1.75. The van der Waals surface area contributed by atoms with Crippen LogP contribution in [0.4, 0.5) is 0 Å². The fraction of sp³-hybridized carbons (Fsp3) is 0.938. The van der Waals surface area contributed by atoms with Gasteiger partial charge in [-0.15, -0.1) is 0 Å². The molecule has 7 nitrogen and oxygen atoms in total. The minimum absolute atomic E-state index is 0.140. The molecule has 3 aliphatic heterocycles. The van der Waals surface area contributed by atoms with E-state index in [-0.39, 0.29) is 11.9 Å². The van der Waals surface area contributed by atoms with Gasteiger partial charge in [0.1, 0.15) is 0 Å². The maximum atomic E-state index is 12.3. The number of amides is 1. The van der Waals surface area contributed by atoms with Gasteiger partial charge >= 0.3 is 0 Å². The quantitative estimate of drug-likeness (QED) is 0.788. The smallest absolute Gasteiger partial charge is 0.242 e. The zero-order valence-electron chi connectivity index (χ0n) is 13.5. The second kappa shape index (κ2) is 5.97. The summed E-state index contributed by atoms with van der Waals surface area (Å²) >= 11 is 0. The summed E-state index contributed by atoms with van der Waals surface area (Å²) in [5, 5.41) is 10.4. The summed E-state index contributed by atoms with van der Waals surface area (Å²) in [5.41, 5.74) is 2.88. The lowest BCUT2D eigenvalue weighted by Crippen LogP contribution is -2.41. The van der Waals surface area contributed by atoms with E-state index >= 15 is 0 Å². The molecule has 0 aromatic rings. The molecular weight excluding hydrogens is 300 g/mol. The molecule has 3 heterocycles. The average Bonchev–Trinajstić information content (AvgIpc) is 3.23. The Morgan fingerprint density at radius 1 is 1.17 bits per heavy atom. The Morgan fingerprint density at radius 2 is 1.91 bits per heavy atom. The van der Waals surface area contributed by atoms with E-state index < -0.39 is 17.9 Å². The summed E-state index contributed by atoms with van der Waals surface area (Å²) in [7, 11) is 0. The molecule has 0 aromatic heterocycles. The summed E-state index contributed by atoms with van der Waals surface area (Å²) in [6, 6.07) is -0.153. The predicted octanol–water partition coefficient (Wildman–Crippen LogP) is 1.01. The number of carbonyl (C=O) groups excluding carboxylic acids is 1. The van der Waals surface area contributed by atoms with Crippen LogP contribution in [0.15, 0.2) is 0 Å². The Bertz CT molecular complexity index is 461. The largest absolute Gasteiger partial charge is 0.364 e. The molecule has 7 heteroatoms. The van der Waals surface area contributed by atoms with Gasteiger partial charge < -0.3 is 19.5 Å². The first-order valence-corrected chi connectivity index (χ1v) is 8.88. The monoisotopic (exact) mass is 326 g/mol. The van der Waals surface area contributed by atoms with Crippen molar-refractivity contribution in [2.24, 2.45) is 0 Å². The van der Waals surface area contributed by atoms with Gasteiger partial charge in [0, 0.05) is 44.8 Å². The summed E-state index contributed by atoms with van der Waals surface area (Å²) in [4.78, 5) is 19.8. The standard InChI is InChI=1S/C16H26N2O5/c19-13(18-8-4-5-9-18)10-12-11-16(23-17-12)14(20)21-15(22-16)6-2-1-3-7-15/h12,14,17,20H,1-11H2. The molecule has 3 unspecified atom stereocenters. The van der Waals surface area contributed by atoms with Gasteiger partial charge in [0.15, 0.2) is 5.79 Å². The van der Waals surface area contributed by atoms with Crippen molar-refractivity contribution in [1.29, 1.82) is 0 Å². The van der Waals surface area contributed by atoms with E-state index in [1.807, 2.05) is 4.90 Å². The Kier molecular flexibility index (Phi) is 4.09. The van der Waals surface area contributed by atoms with E-state index in [0.717, 1.165) is 51.6 Å². The lowest BCUT2D eigenvalue weighted by molar-refractivity contribution is -0.278. The molecule has 1 amide bonds. The topological polar surface area (TPSA) is 80.3 Å². The van der Waals surface area contributed by atoms with Crippen LogP contribution in [0.2, 0.25) is 0 Å². The molecule has 4 rings (SSSR count). The predicted molar refractivity (Wildman–Crippen MR) is 79.8 cm³/mol. The van der Waals surface area contributed by atoms with Gasteiger partial charge in [0.25, 0.3) is 0 Å². The molecule has 4 aliphatic rings. The van der Waals surface area contributed by atoms with Gasteiger partial charge in [0.05, 0.1) is 0 Å². The fourth-order valence-electron chi connectivity index (χ4n) is 4.24. The summed E-state index contributed by atoms with van der Waals surface area (Å²) in [6.07, 6.45) is 6.66. The number of nitrogens with zero attached hydrogens (tertiary/aromatic N) is 1. The van der Waals surface area contributed by atoms with Crippen molar-refractivity contribution in [1.82, 2.24) is 10.4 Å². The highest BCUT2D eigenvalue weighted by molar-refractivity contribution is 5.77. The lowest BCUT2D eigenvalue weighted by Gasteiger charge is -2.32. The van der Waals surface area contributed by atoms with Crippen LogP contribution < -0.4 is 5.48 Å². The van der Waals surface area contributed by atoms with Gasteiger partial charge in [-0.2, -0.15) is 5.48 Å². The van der Waals surface area contributed by atoms with Crippen molar-refractivity contribution < 1.29 is 24.2 Å². The van der Waals surface area contributed by atoms with Crippen LogP contribution in [-0.4, -0.2) is 52.9 Å². The number of hydrogen-bond acceptors (Lipinski definition) is 6. The molecule has 2 spiro atoms. The van der Waals surface area contributed by atoms with E-state index in [2.05, 4.69) is 5.48 Å². The highest BCUT2D eigenvalue weighted by Crippen LogP contribution is 2.48. The van der Waals surface area contributed by atoms with Crippen molar-refractivity contribution in [3.05, 3.63) is 0 Å². The van der Waals surface area contributed by atoms with E-state index in [1.54, 1.807) is 0 Å². The molecule has 0 aromatic carbocycles. The van der Waals surface area contributed by atoms with Gasteiger partial charge in [0.2, 0.25) is 18.0 Å². The van der Waals surface area contributed by atoms with Crippen LogP contribution in [0.3, 0.4) is 0 Å². The minimum Gasteiger partial charge on any atom is -0.364 e. The Morgan fingerprint density at radius 3 is 2.65 bits per heavy atom. The van der Waals surface area contributed by atoms with Crippen molar-refractivity contribution >= 4 is 5.91 Å². The van der Waals surface area contributed by atoms with Gasteiger partial charge in [-0.1, -0.05) is 6.42 Å². The maximum absolute atomic E-state index is 12.3. The molecule has 23 heavy (non-hydrogen) atoms. The Hall–Kier alpha value is -0.730. The minimum atomic E-state index is -1.17. The van der Waals surface area contributed by atoms with Crippen molar-refractivity contribution in [3.63, 3.8) is 0 Å². The zero-order chi connectivity index (χ0) is 15.9. The number of rotatable bonds is 2. The second-order valence-corrected chi connectivity index (χ2v) is 7.27. The number of hydroxylamine groups is 1. The molecular formula is C16H26N2O5. The molecule has 4 fully saturated rings. The highest BCUT2D eigenvalue weighted by Gasteiger charge is 2.61. The van der Waals surface area contributed by atoms with E-state index in [1.165, 1.54) is 6.42 Å². The van der Waals surface area contributed by atoms with E-state index in [0.29, 0.717) is 12.8 Å². The molecule has 0 radical (unpaired) electrons. The molecule has 130 valence electrons. The van der Waals surface area contributed by atoms with Crippen LogP contribution in [0.25, 0.3) is 0 Å². The average molecular weight is 326 g/mol. The van der Waals surface area contributed by atoms with Crippen LogP contribution in [0.1, 0.15) is 57.8 Å². The Balaban J connectivity index is 1.38. The molecule has 1 aliphatic carbocycles. The molecule has 2 N–H and O–H groups in total. The number of ether oxygens (including phenoxy) is 2. The van der Waals surface area contributed by atoms with Crippen LogP contribution >= 0.6 is 0 Å². The summed E-state index contributed by atoms with van der Waals surface area (Å²) < 4.78 is 11.9. The summed E-state index contributed by atoms with van der Waals surface area (Å²) in [6.45, 7) is 1.70. The normalized spacial score (nSPS) is 39.6. The van der Waals surface area contributed by atoms with Crippen molar-refractivity contribution in [2.45, 2.75) is 81.7 Å². The van der Waals surface area contributed by atoms with Crippen LogP contribution in [0.5, 0.6) is 0 Å². The highest BCUT2D eigenvalue weighted by atomic mass is 16.9. The van der Waals surface area contributed by atoms with Crippen molar-refractivity contribution in [2.75, 3.05) is 13.1 Å². The maximum Gasteiger partial charge on any atom is 0.242 e. The van der Waals surface area contributed by atoms with E-state index in [4.69, 9.17) is 14.3 Å². The first kappa shape index (κ1) is 15.8. The van der Waals surface area contributed by atoms with E-state index in [9.17, 15) is 9.90 Å². The number of nitrogens with one attached hydrogen (secondary N) is 1. The van der Waals surface area contributed by atoms with Crippen molar-refractivity contribution in [3.8, 4) is 0 Å². The lowest BCUT2D eigenvalue weighted by atomic mass is 9.94. The van der Waals surface area contributed by atoms with Gasteiger partial charge in [-0.3, -0.25) is 9.63 Å². The molecule has 1 saturated carbocycles. The van der Waals surface area contributed by atoms with Gasteiger partial charge in [-0.05, 0) is 25.7 Å². The Labute approximate surface area is 136 Å². The molecule has 3 saturated heterocycles. The SMILES string of the molecule is O=C(CC1CC2(ON1)OC1(CCCCC1)OC2O)N1CCCC1. The third-order valence-electron chi connectivity index (χ3n) is 5.49. The van der Waals surface area contributed by atoms with Crippen LogP contribution in [-0.2, 0) is 19.1 Å². The van der Waals surface area contributed by atoms with Gasteiger partial charge in [-0.25, -0.2) is 0 Å². The molecule has 0 bridgehead atoms. The van der Waals surface area contributed by atoms with Crippen LogP contribution in [0, 0.1) is 0 Å². The fourth-order valence-corrected chi connectivity index (χ4v) is 4.24. The molecule has 3 atom stereocenters. The number of carbonyl (C=O) groups is 1. The first-order valence-electron chi connectivity index (χ1n) is 8.88. The number of aliphatic hydroxyl groups excluding tert-OH is 1. The second-order valence-electron chi connectivity index (χ2n) is 7.27. The number of likely N-dealkylation sites (tertiary alicyclic amines) is 1. The first-order chi connectivity index (χ1) is 11.1.